The SMILES string of the molecule is COc1ccc(OC[C@@H](C)C[C@H](CN)CC(=O)O)cc1. The minimum atomic E-state index is -0.802. The highest BCUT2D eigenvalue weighted by Gasteiger charge is 2.15. The molecule has 20 heavy (non-hydrogen) atoms. The number of ether oxygens (including phenoxy) is 2. The van der Waals surface area contributed by atoms with Gasteiger partial charge in [0.1, 0.15) is 11.5 Å². The molecule has 0 fully saturated rings. The molecule has 0 aromatic heterocycles. The number of nitrogens with two attached hydrogens (primary N) is 1. The van der Waals surface area contributed by atoms with Crippen LogP contribution in [0.1, 0.15) is 19.8 Å². The summed E-state index contributed by atoms with van der Waals surface area (Å²) in [5.41, 5.74) is 5.59. The van der Waals surface area contributed by atoms with Gasteiger partial charge in [0.05, 0.1) is 13.7 Å². The first-order valence-corrected chi connectivity index (χ1v) is 6.73. The first kappa shape index (κ1) is 16.3. The van der Waals surface area contributed by atoms with E-state index in [0.717, 1.165) is 17.9 Å². The highest BCUT2D eigenvalue weighted by molar-refractivity contribution is 5.67. The Morgan fingerprint density at radius 3 is 2.40 bits per heavy atom. The fourth-order valence-electron chi connectivity index (χ4n) is 2.06. The van der Waals surface area contributed by atoms with Gasteiger partial charge in [-0.05, 0) is 49.1 Å². The van der Waals surface area contributed by atoms with E-state index in [1.165, 1.54) is 0 Å². The third-order valence-electron chi connectivity index (χ3n) is 3.13. The summed E-state index contributed by atoms with van der Waals surface area (Å²) < 4.78 is 10.7. The minimum Gasteiger partial charge on any atom is -0.497 e. The molecule has 0 unspecified atom stereocenters. The van der Waals surface area contributed by atoms with Crippen molar-refractivity contribution < 1.29 is 19.4 Å². The number of hydrogen-bond donors (Lipinski definition) is 2. The Bertz CT molecular complexity index is 405. The Hall–Kier alpha value is -1.75. The lowest BCUT2D eigenvalue weighted by Gasteiger charge is -2.18. The lowest BCUT2D eigenvalue weighted by molar-refractivity contribution is -0.138. The number of benzene rings is 1. The molecule has 1 aromatic carbocycles. The second-order valence-electron chi connectivity index (χ2n) is 5.03. The number of hydrogen-bond acceptors (Lipinski definition) is 4. The monoisotopic (exact) mass is 281 g/mol. The van der Waals surface area contributed by atoms with Crippen LogP contribution in [-0.2, 0) is 4.79 Å². The summed E-state index contributed by atoms with van der Waals surface area (Å²) in [4.78, 5) is 10.7. The zero-order valence-corrected chi connectivity index (χ0v) is 12.0. The Kier molecular flexibility index (Phi) is 6.87. The number of carboxylic acid groups (broad SMARTS) is 1. The lowest BCUT2D eigenvalue weighted by Crippen LogP contribution is -2.22. The molecule has 1 aromatic rings. The predicted molar refractivity (Wildman–Crippen MR) is 77.1 cm³/mol. The van der Waals surface area contributed by atoms with Crippen molar-refractivity contribution in [2.75, 3.05) is 20.3 Å². The molecule has 2 atom stereocenters. The van der Waals surface area contributed by atoms with Crippen molar-refractivity contribution in [2.45, 2.75) is 19.8 Å². The number of carboxylic acids is 1. The van der Waals surface area contributed by atoms with Gasteiger partial charge in [-0.2, -0.15) is 0 Å². The maximum atomic E-state index is 10.7. The van der Waals surface area contributed by atoms with E-state index >= 15 is 0 Å². The van der Waals surface area contributed by atoms with Crippen molar-refractivity contribution in [1.29, 1.82) is 0 Å². The summed E-state index contributed by atoms with van der Waals surface area (Å²) in [5, 5.41) is 8.79. The molecule has 0 saturated carbocycles. The first-order valence-electron chi connectivity index (χ1n) is 6.73. The molecule has 0 aliphatic heterocycles. The van der Waals surface area contributed by atoms with Crippen molar-refractivity contribution in [3.05, 3.63) is 24.3 Å². The van der Waals surface area contributed by atoms with E-state index in [2.05, 4.69) is 0 Å². The van der Waals surface area contributed by atoms with Crippen LogP contribution in [0.5, 0.6) is 11.5 Å². The van der Waals surface area contributed by atoms with Gasteiger partial charge in [-0.3, -0.25) is 4.79 Å². The van der Waals surface area contributed by atoms with Crippen molar-refractivity contribution in [3.63, 3.8) is 0 Å². The number of rotatable bonds is 9. The Balaban J connectivity index is 2.37. The van der Waals surface area contributed by atoms with E-state index in [4.69, 9.17) is 20.3 Å². The summed E-state index contributed by atoms with van der Waals surface area (Å²) in [6.07, 6.45) is 0.863. The van der Waals surface area contributed by atoms with Gasteiger partial charge in [0.2, 0.25) is 0 Å². The number of aliphatic carboxylic acids is 1. The van der Waals surface area contributed by atoms with E-state index in [-0.39, 0.29) is 18.3 Å². The third-order valence-corrected chi connectivity index (χ3v) is 3.13. The second-order valence-corrected chi connectivity index (χ2v) is 5.03. The van der Waals surface area contributed by atoms with E-state index in [9.17, 15) is 4.79 Å². The average molecular weight is 281 g/mol. The standard InChI is InChI=1S/C15H23NO4/c1-11(7-12(9-16)8-15(17)18)10-20-14-5-3-13(19-2)4-6-14/h3-6,11-12H,7-10,16H2,1-2H3,(H,17,18)/t11-,12-/m0/s1. The fraction of sp³-hybridized carbons (Fsp3) is 0.533. The predicted octanol–water partition coefficient (Wildman–Crippen LogP) is 2.15. The van der Waals surface area contributed by atoms with Gasteiger partial charge >= 0.3 is 5.97 Å². The van der Waals surface area contributed by atoms with Gasteiger partial charge in [0, 0.05) is 6.42 Å². The lowest BCUT2D eigenvalue weighted by atomic mass is 9.94. The maximum Gasteiger partial charge on any atom is 0.303 e. The molecule has 0 heterocycles. The summed E-state index contributed by atoms with van der Waals surface area (Å²) in [6.45, 7) is 2.97. The average Bonchev–Trinajstić information content (AvgIpc) is 2.44. The largest absolute Gasteiger partial charge is 0.497 e. The third kappa shape index (κ3) is 5.93. The minimum absolute atomic E-state index is 0.00182. The van der Waals surface area contributed by atoms with Gasteiger partial charge in [0.25, 0.3) is 0 Å². The van der Waals surface area contributed by atoms with Crippen LogP contribution in [0.3, 0.4) is 0 Å². The van der Waals surface area contributed by atoms with Gasteiger partial charge in [-0.15, -0.1) is 0 Å². The highest BCUT2D eigenvalue weighted by atomic mass is 16.5. The molecular formula is C15H23NO4. The van der Waals surface area contributed by atoms with Crippen LogP contribution in [0, 0.1) is 11.8 Å². The second kappa shape index (κ2) is 8.43. The van der Waals surface area contributed by atoms with E-state index < -0.39 is 5.97 Å². The van der Waals surface area contributed by atoms with Crippen LogP contribution in [0.25, 0.3) is 0 Å². The molecule has 1 rings (SSSR count). The Morgan fingerprint density at radius 1 is 1.30 bits per heavy atom. The quantitative estimate of drug-likeness (QED) is 0.724. The molecule has 0 aliphatic carbocycles. The van der Waals surface area contributed by atoms with Gasteiger partial charge in [0.15, 0.2) is 0 Å². The van der Waals surface area contributed by atoms with Crippen LogP contribution in [0.2, 0.25) is 0 Å². The maximum absolute atomic E-state index is 10.7. The fourth-order valence-corrected chi connectivity index (χ4v) is 2.06. The molecule has 0 saturated heterocycles. The topological polar surface area (TPSA) is 81.8 Å². The molecule has 0 spiro atoms. The summed E-state index contributed by atoms with van der Waals surface area (Å²) in [7, 11) is 1.62. The van der Waals surface area contributed by atoms with Crippen LogP contribution < -0.4 is 15.2 Å². The molecule has 0 bridgehead atoms. The number of carbonyl (C=O) groups is 1. The van der Waals surface area contributed by atoms with Crippen molar-refractivity contribution in [3.8, 4) is 11.5 Å². The molecule has 3 N–H and O–H groups in total. The van der Waals surface area contributed by atoms with Gasteiger partial charge in [-0.25, -0.2) is 0 Å². The smallest absolute Gasteiger partial charge is 0.303 e. The van der Waals surface area contributed by atoms with E-state index in [1.807, 2.05) is 31.2 Å². The molecule has 0 radical (unpaired) electrons. The van der Waals surface area contributed by atoms with Crippen molar-refractivity contribution in [2.24, 2.45) is 17.6 Å². The summed E-state index contributed by atoms with van der Waals surface area (Å²) in [6, 6.07) is 7.38. The zero-order valence-electron chi connectivity index (χ0n) is 12.0. The zero-order chi connectivity index (χ0) is 15.0. The number of methoxy groups -OCH3 is 1. The van der Waals surface area contributed by atoms with Gasteiger partial charge < -0.3 is 20.3 Å². The molecule has 0 aliphatic rings. The van der Waals surface area contributed by atoms with E-state index in [0.29, 0.717) is 13.2 Å². The van der Waals surface area contributed by atoms with E-state index in [1.54, 1.807) is 7.11 Å². The van der Waals surface area contributed by atoms with Crippen LogP contribution in [-0.4, -0.2) is 31.3 Å². The Morgan fingerprint density at radius 2 is 1.90 bits per heavy atom. The molecule has 0 amide bonds. The summed E-state index contributed by atoms with van der Waals surface area (Å²) in [5.74, 6) is 1.02. The molecular weight excluding hydrogens is 258 g/mol. The molecule has 112 valence electrons. The highest BCUT2D eigenvalue weighted by Crippen LogP contribution is 2.20. The summed E-state index contributed by atoms with van der Waals surface area (Å²) >= 11 is 0. The van der Waals surface area contributed by atoms with Crippen LogP contribution in [0.15, 0.2) is 24.3 Å². The van der Waals surface area contributed by atoms with Crippen molar-refractivity contribution >= 4 is 5.97 Å². The first-order chi connectivity index (χ1) is 9.55. The Labute approximate surface area is 119 Å². The molecule has 5 nitrogen and oxygen atoms in total. The molecule has 5 heteroatoms. The normalized spacial score (nSPS) is 13.6. The van der Waals surface area contributed by atoms with Crippen molar-refractivity contribution in [1.82, 2.24) is 0 Å². The van der Waals surface area contributed by atoms with Gasteiger partial charge in [-0.1, -0.05) is 6.92 Å². The van der Waals surface area contributed by atoms with Crippen LogP contribution in [0.4, 0.5) is 0 Å². The van der Waals surface area contributed by atoms with Crippen LogP contribution >= 0.6 is 0 Å².